The van der Waals surface area contributed by atoms with Crippen LogP contribution in [0, 0.1) is 26.6 Å². The molecule has 2 aromatic carbocycles. The van der Waals surface area contributed by atoms with Gasteiger partial charge in [0.2, 0.25) is 5.91 Å². The van der Waals surface area contributed by atoms with E-state index in [1.807, 2.05) is 23.6 Å². The van der Waals surface area contributed by atoms with Crippen LogP contribution < -0.4 is 5.32 Å². The van der Waals surface area contributed by atoms with Crippen molar-refractivity contribution in [2.45, 2.75) is 25.9 Å². The minimum absolute atomic E-state index is 0.152. The number of hydrogen-bond donors (Lipinski definition) is 1. The molecule has 0 aliphatic rings. The summed E-state index contributed by atoms with van der Waals surface area (Å²) in [5.41, 5.74) is 4.31. The molecular weight excluding hydrogens is 351 g/mol. The fraction of sp³-hybridized carbons (Fsp3) is 0.211. The van der Waals surface area contributed by atoms with E-state index in [4.69, 9.17) is 0 Å². The Bertz CT molecular complexity index is 954. The highest BCUT2D eigenvalue weighted by molar-refractivity contribution is 7.99. The van der Waals surface area contributed by atoms with Crippen molar-refractivity contribution < 1.29 is 9.18 Å². The van der Waals surface area contributed by atoms with Gasteiger partial charge < -0.3 is 5.32 Å². The van der Waals surface area contributed by atoms with Crippen LogP contribution in [0.15, 0.2) is 47.9 Å². The summed E-state index contributed by atoms with van der Waals surface area (Å²) in [7, 11) is 0. The number of nitrogens with zero attached hydrogens (tertiary/aromatic N) is 3. The topological polar surface area (TPSA) is 59.8 Å². The molecule has 1 amide bonds. The van der Waals surface area contributed by atoms with Crippen LogP contribution in [0.5, 0.6) is 0 Å². The second-order valence-corrected chi connectivity index (χ2v) is 7.00. The molecule has 3 rings (SSSR count). The fourth-order valence-corrected chi connectivity index (χ4v) is 3.10. The molecule has 1 aromatic heterocycles. The highest BCUT2D eigenvalue weighted by Crippen LogP contribution is 2.22. The average molecular weight is 370 g/mol. The lowest BCUT2D eigenvalue weighted by atomic mass is 10.1. The summed E-state index contributed by atoms with van der Waals surface area (Å²) in [6.45, 7) is 5.78. The van der Waals surface area contributed by atoms with Crippen molar-refractivity contribution in [3.05, 3.63) is 65.2 Å². The van der Waals surface area contributed by atoms with Crippen LogP contribution in [0.1, 0.15) is 16.7 Å². The first-order valence-corrected chi connectivity index (χ1v) is 9.09. The molecule has 0 aliphatic carbocycles. The summed E-state index contributed by atoms with van der Waals surface area (Å²) in [5, 5.41) is 11.3. The van der Waals surface area contributed by atoms with Gasteiger partial charge in [0.05, 0.1) is 5.75 Å². The maximum Gasteiger partial charge on any atom is 0.234 e. The quantitative estimate of drug-likeness (QED) is 0.688. The van der Waals surface area contributed by atoms with E-state index in [0.717, 1.165) is 5.69 Å². The Balaban J connectivity index is 1.66. The molecule has 0 saturated heterocycles. The zero-order valence-electron chi connectivity index (χ0n) is 14.8. The molecule has 1 N–H and O–H groups in total. The van der Waals surface area contributed by atoms with Crippen LogP contribution in [0.2, 0.25) is 0 Å². The number of thioether (sulfide) groups is 1. The predicted molar refractivity (Wildman–Crippen MR) is 101 cm³/mol. The number of aryl methyl sites for hydroxylation is 3. The molecule has 0 saturated carbocycles. The monoisotopic (exact) mass is 370 g/mol. The van der Waals surface area contributed by atoms with Crippen LogP contribution in [-0.2, 0) is 4.79 Å². The normalized spacial score (nSPS) is 10.8. The van der Waals surface area contributed by atoms with Gasteiger partial charge in [0.1, 0.15) is 12.1 Å². The van der Waals surface area contributed by atoms with Crippen LogP contribution in [-0.4, -0.2) is 26.4 Å². The van der Waals surface area contributed by atoms with Gasteiger partial charge >= 0.3 is 0 Å². The first-order valence-electron chi connectivity index (χ1n) is 8.10. The minimum Gasteiger partial charge on any atom is -0.325 e. The standard InChI is InChI=1S/C19H19FN4OS/c1-12-5-7-16(8-14(12)3)24-11-21-23-19(24)26-10-18(25)22-15-6-4-13(2)17(20)9-15/h4-9,11H,10H2,1-3H3,(H,22,25). The maximum absolute atomic E-state index is 13.6. The first-order chi connectivity index (χ1) is 12.4. The smallest absolute Gasteiger partial charge is 0.234 e. The third-order valence-electron chi connectivity index (χ3n) is 4.07. The number of halogens is 1. The summed E-state index contributed by atoms with van der Waals surface area (Å²) in [4.78, 5) is 12.1. The van der Waals surface area contributed by atoms with Crippen LogP contribution >= 0.6 is 11.8 Å². The average Bonchev–Trinajstić information content (AvgIpc) is 3.07. The van der Waals surface area contributed by atoms with E-state index in [9.17, 15) is 9.18 Å². The maximum atomic E-state index is 13.6. The molecule has 0 atom stereocenters. The summed E-state index contributed by atoms with van der Waals surface area (Å²) >= 11 is 1.28. The molecule has 0 radical (unpaired) electrons. The van der Waals surface area contributed by atoms with Gasteiger partial charge in [-0.1, -0.05) is 23.9 Å². The third kappa shape index (κ3) is 4.11. The van der Waals surface area contributed by atoms with Crippen molar-refractivity contribution in [3.8, 4) is 5.69 Å². The second-order valence-electron chi connectivity index (χ2n) is 6.05. The van der Waals surface area contributed by atoms with E-state index in [-0.39, 0.29) is 17.5 Å². The number of benzene rings is 2. The van der Waals surface area contributed by atoms with Gasteiger partial charge in [-0.3, -0.25) is 9.36 Å². The van der Waals surface area contributed by atoms with E-state index in [1.54, 1.807) is 25.4 Å². The molecule has 1 heterocycles. The van der Waals surface area contributed by atoms with Gasteiger partial charge in [-0.05, 0) is 61.7 Å². The Hall–Kier alpha value is -2.67. The zero-order chi connectivity index (χ0) is 18.7. The number of hydrogen-bond acceptors (Lipinski definition) is 4. The van der Waals surface area contributed by atoms with Gasteiger partial charge in [-0.15, -0.1) is 10.2 Å². The largest absolute Gasteiger partial charge is 0.325 e. The minimum atomic E-state index is -0.343. The molecule has 5 nitrogen and oxygen atoms in total. The van der Waals surface area contributed by atoms with Crippen LogP contribution in [0.4, 0.5) is 10.1 Å². The number of aromatic nitrogens is 3. The van der Waals surface area contributed by atoms with Crippen LogP contribution in [0.3, 0.4) is 0 Å². The van der Waals surface area contributed by atoms with Crippen LogP contribution in [0.25, 0.3) is 5.69 Å². The highest BCUT2D eigenvalue weighted by Gasteiger charge is 2.11. The molecule has 134 valence electrons. The van der Waals surface area contributed by atoms with Crippen molar-refractivity contribution in [1.29, 1.82) is 0 Å². The van der Waals surface area contributed by atoms with Gasteiger partial charge in [-0.2, -0.15) is 0 Å². The van der Waals surface area contributed by atoms with E-state index < -0.39 is 0 Å². The Labute approximate surface area is 155 Å². The van der Waals surface area contributed by atoms with Gasteiger partial charge in [0.15, 0.2) is 5.16 Å². The molecule has 3 aromatic rings. The lowest BCUT2D eigenvalue weighted by Crippen LogP contribution is -2.14. The predicted octanol–water partition coefficient (Wildman–Crippen LogP) is 4.06. The summed E-state index contributed by atoms with van der Waals surface area (Å²) in [6, 6.07) is 10.7. The molecule has 26 heavy (non-hydrogen) atoms. The Morgan fingerprint density at radius 1 is 1.12 bits per heavy atom. The Kier molecular flexibility index (Phi) is 5.37. The number of rotatable bonds is 5. The number of amides is 1. The number of carbonyl (C=O) groups is 1. The third-order valence-corrected chi connectivity index (χ3v) is 5.02. The molecule has 0 spiro atoms. The molecule has 0 bridgehead atoms. The van der Waals surface area contributed by atoms with Crippen molar-refractivity contribution >= 4 is 23.4 Å². The van der Waals surface area contributed by atoms with E-state index >= 15 is 0 Å². The summed E-state index contributed by atoms with van der Waals surface area (Å²) in [6.07, 6.45) is 1.62. The number of anilines is 1. The zero-order valence-corrected chi connectivity index (χ0v) is 15.6. The molecule has 7 heteroatoms. The van der Waals surface area contributed by atoms with Gasteiger partial charge in [-0.25, -0.2) is 4.39 Å². The Morgan fingerprint density at radius 2 is 1.88 bits per heavy atom. The summed E-state index contributed by atoms with van der Waals surface area (Å²) < 4.78 is 15.4. The van der Waals surface area contributed by atoms with E-state index in [2.05, 4.69) is 28.5 Å². The SMILES string of the molecule is Cc1ccc(-n2cnnc2SCC(=O)Nc2ccc(C)c(F)c2)cc1C. The molecule has 0 aliphatic heterocycles. The lowest BCUT2D eigenvalue weighted by Gasteiger charge is -2.09. The molecule has 0 unspecified atom stereocenters. The number of nitrogens with one attached hydrogen (secondary N) is 1. The van der Waals surface area contributed by atoms with Crippen molar-refractivity contribution in [2.75, 3.05) is 11.1 Å². The van der Waals surface area contributed by atoms with Gasteiger partial charge in [0, 0.05) is 11.4 Å². The van der Waals surface area contributed by atoms with Crippen molar-refractivity contribution in [1.82, 2.24) is 14.8 Å². The van der Waals surface area contributed by atoms with Gasteiger partial charge in [0.25, 0.3) is 0 Å². The fourth-order valence-electron chi connectivity index (χ4n) is 2.37. The van der Waals surface area contributed by atoms with Crippen molar-refractivity contribution in [3.63, 3.8) is 0 Å². The second kappa shape index (κ2) is 7.70. The molecular formula is C19H19FN4OS. The summed E-state index contributed by atoms with van der Waals surface area (Å²) in [5.74, 6) is -0.420. The first kappa shape index (κ1) is 18.1. The van der Waals surface area contributed by atoms with Crippen molar-refractivity contribution in [2.24, 2.45) is 0 Å². The molecule has 0 fully saturated rings. The highest BCUT2D eigenvalue weighted by atomic mass is 32.2. The number of carbonyl (C=O) groups excluding carboxylic acids is 1. The Morgan fingerprint density at radius 3 is 2.62 bits per heavy atom. The lowest BCUT2D eigenvalue weighted by molar-refractivity contribution is -0.113. The van der Waals surface area contributed by atoms with E-state index in [1.165, 1.54) is 29.0 Å². The van der Waals surface area contributed by atoms with E-state index in [0.29, 0.717) is 16.4 Å².